The van der Waals surface area contributed by atoms with Crippen molar-refractivity contribution >= 4 is 23.2 Å². The molecule has 3 N–H and O–H groups in total. The van der Waals surface area contributed by atoms with Crippen molar-refractivity contribution < 1.29 is 0 Å². The predicted octanol–water partition coefficient (Wildman–Crippen LogP) is 3.40. The van der Waals surface area contributed by atoms with Crippen LogP contribution in [0.25, 0.3) is 11.3 Å². The van der Waals surface area contributed by atoms with Crippen LogP contribution in [-0.2, 0) is 0 Å². The molecule has 0 amide bonds. The molecule has 2 rings (SSSR count). The van der Waals surface area contributed by atoms with Crippen LogP contribution in [0.3, 0.4) is 0 Å². The van der Waals surface area contributed by atoms with E-state index in [1.807, 2.05) is 13.0 Å². The summed E-state index contributed by atoms with van der Waals surface area (Å²) >= 11 is 11.8. The molecule has 0 bridgehead atoms. The van der Waals surface area contributed by atoms with E-state index in [0.717, 1.165) is 17.1 Å². The highest BCUT2D eigenvalue weighted by Crippen LogP contribution is 2.27. The molecule has 0 aliphatic heterocycles. The first kappa shape index (κ1) is 11.5. The van der Waals surface area contributed by atoms with Crippen molar-refractivity contribution in [2.24, 2.45) is 5.73 Å². The summed E-state index contributed by atoms with van der Waals surface area (Å²) in [5.74, 6) is 0.751. The minimum Gasteiger partial charge on any atom is -0.341 e. The van der Waals surface area contributed by atoms with Crippen LogP contribution in [0.5, 0.6) is 0 Å². The molecular formula is C11H11Cl2N3. The van der Waals surface area contributed by atoms with E-state index in [0.29, 0.717) is 10.0 Å². The zero-order valence-corrected chi connectivity index (χ0v) is 10.2. The number of rotatable bonds is 2. The first-order valence-electron chi connectivity index (χ1n) is 4.84. The monoisotopic (exact) mass is 255 g/mol. The van der Waals surface area contributed by atoms with Crippen molar-refractivity contribution in [3.63, 3.8) is 0 Å². The van der Waals surface area contributed by atoms with Crippen LogP contribution in [0.15, 0.2) is 24.4 Å². The topological polar surface area (TPSA) is 54.7 Å². The van der Waals surface area contributed by atoms with Crippen molar-refractivity contribution in [2.45, 2.75) is 13.0 Å². The third kappa shape index (κ3) is 2.21. The molecule has 5 heteroatoms. The fourth-order valence-electron chi connectivity index (χ4n) is 1.38. The molecule has 0 spiro atoms. The van der Waals surface area contributed by atoms with Gasteiger partial charge in [0.2, 0.25) is 0 Å². The molecule has 0 saturated heterocycles. The van der Waals surface area contributed by atoms with Gasteiger partial charge in [-0.3, -0.25) is 0 Å². The number of halogens is 2. The van der Waals surface area contributed by atoms with Gasteiger partial charge in [-0.2, -0.15) is 0 Å². The van der Waals surface area contributed by atoms with Gasteiger partial charge in [0.05, 0.1) is 28.0 Å². The Bertz CT molecular complexity index is 506. The highest BCUT2D eigenvalue weighted by Gasteiger charge is 2.07. The lowest BCUT2D eigenvalue weighted by Gasteiger charge is -2.01. The van der Waals surface area contributed by atoms with Gasteiger partial charge in [-0.15, -0.1) is 0 Å². The first-order valence-corrected chi connectivity index (χ1v) is 5.59. The van der Waals surface area contributed by atoms with Gasteiger partial charge >= 0.3 is 0 Å². The Labute approximate surface area is 104 Å². The number of imidazole rings is 1. The quantitative estimate of drug-likeness (QED) is 0.865. The molecule has 2 aromatic rings. The van der Waals surface area contributed by atoms with Crippen molar-refractivity contribution in [1.29, 1.82) is 0 Å². The van der Waals surface area contributed by atoms with Crippen molar-refractivity contribution in [3.8, 4) is 11.3 Å². The Morgan fingerprint density at radius 3 is 2.62 bits per heavy atom. The van der Waals surface area contributed by atoms with Gasteiger partial charge in [-0.05, 0) is 19.1 Å². The van der Waals surface area contributed by atoms with Crippen LogP contribution in [-0.4, -0.2) is 9.97 Å². The highest BCUT2D eigenvalue weighted by molar-refractivity contribution is 6.42. The fourth-order valence-corrected chi connectivity index (χ4v) is 1.68. The minimum atomic E-state index is -0.114. The lowest BCUT2D eigenvalue weighted by molar-refractivity contribution is 0.756. The third-order valence-electron chi connectivity index (χ3n) is 2.26. The number of hydrogen-bond donors (Lipinski definition) is 2. The molecule has 0 radical (unpaired) electrons. The molecule has 1 heterocycles. The SMILES string of the molecule is CC(N)c1ncc(-c2ccc(Cl)c(Cl)c2)[nH]1. The Morgan fingerprint density at radius 2 is 2.06 bits per heavy atom. The average molecular weight is 256 g/mol. The fraction of sp³-hybridized carbons (Fsp3) is 0.182. The van der Waals surface area contributed by atoms with Crippen LogP contribution in [0.2, 0.25) is 10.0 Å². The standard InChI is InChI=1S/C11H11Cl2N3/c1-6(14)11-15-5-10(16-11)7-2-3-8(12)9(13)4-7/h2-6H,14H2,1H3,(H,15,16). The number of nitrogens with zero attached hydrogens (tertiary/aromatic N) is 1. The normalized spacial score (nSPS) is 12.8. The number of nitrogens with one attached hydrogen (secondary N) is 1. The molecule has 84 valence electrons. The summed E-state index contributed by atoms with van der Waals surface area (Å²) in [6.45, 7) is 1.87. The third-order valence-corrected chi connectivity index (χ3v) is 3.00. The van der Waals surface area contributed by atoms with E-state index in [2.05, 4.69) is 9.97 Å². The molecule has 0 saturated carbocycles. The Hall–Kier alpha value is -1.03. The van der Waals surface area contributed by atoms with E-state index < -0.39 is 0 Å². The maximum absolute atomic E-state index is 5.94. The van der Waals surface area contributed by atoms with Crippen LogP contribution >= 0.6 is 23.2 Å². The smallest absolute Gasteiger partial charge is 0.123 e. The summed E-state index contributed by atoms with van der Waals surface area (Å²) in [5, 5.41) is 1.06. The first-order chi connectivity index (χ1) is 7.58. The van der Waals surface area contributed by atoms with Gasteiger partial charge < -0.3 is 10.7 Å². The van der Waals surface area contributed by atoms with Gasteiger partial charge in [0.1, 0.15) is 5.82 Å². The van der Waals surface area contributed by atoms with Crippen molar-refractivity contribution in [1.82, 2.24) is 9.97 Å². The van der Waals surface area contributed by atoms with Gasteiger partial charge in [-0.1, -0.05) is 29.3 Å². The van der Waals surface area contributed by atoms with Crippen LogP contribution in [0.4, 0.5) is 0 Å². The lowest BCUT2D eigenvalue weighted by atomic mass is 10.2. The van der Waals surface area contributed by atoms with E-state index >= 15 is 0 Å². The zero-order chi connectivity index (χ0) is 11.7. The molecule has 0 fully saturated rings. The molecule has 1 aromatic carbocycles. The molecular weight excluding hydrogens is 245 g/mol. The Kier molecular flexibility index (Phi) is 3.19. The number of nitrogens with two attached hydrogens (primary N) is 1. The second-order valence-corrected chi connectivity index (χ2v) is 4.41. The largest absolute Gasteiger partial charge is 0.341 e. The van der Waals surface area contributed by atoms with Crippen LogP contribution < -0.4 is 5.73 Å². The van der Waals surface area contributed by atoms with Crippen molar-refractivity contribution in [3.05, 3.63) is 40.3 Å². The van der Waals surface area contributed by atoms with Gasteiger partial charge in [0.15, 0.2) is 0 Å². The van der Waals surface area contributed by atoms with Crippen LogP contribution in [0, 0.1) is 0 Å². The molecule has 0 aliphatic rings. The van der Waals surface area contributed by atoms with E-state index in [9.17, 15) is 0 Å². The van der Waals surface area contributed by atoms with E-state index in [1.54, 1.807) is 18.3 Å². The number of aromatic nitrogens is 2. The van der Waals surface area contributed by atoms with E-state index in [-0.39, 0.29) is 6.04 Å². The molecule has 1 atom stereocenters. The maximum atomic E-state index is 5.94. The number of hydrogen-bond acceptors (Lipinski definition) is 2. The van der Waals surface area contributed by atoms with E-state index in [4.69, 9.17) is 28.9 Å². The minimum absolute atomic E-state index is 0.114. The predicted molar refractivity (Wildman–Crippen MR) is 66.6 cm³/mol. The van der Waals surface area contributed by atoms with E-state index in [1.165, 1.54) is 0 Å². The Morgan fingerprint density at radius 1 is 1.31 bits per heavy atom. The summed E-state index contributed by atoms with van der Waals surface area (Å²) in [7, 11) is 0. The molecule has 0 aliphatic carbocycles. The number of benzene rings is 1. The molecule has 1 unspecified atom stereocenters. The van der Waals surface area contributed by atoms with Crippen LogP contribution in [0.1, 0.15) is 18.8 Å². The highest BCUT2D eigenvalue weighted by atomic mass is 35.5. The number of aromatic amines is 1. The summed E-state index contributed by atoms with van der Waals surface area (Å²) in [6.07, 6.45) is 1.73. The summed E-state index contributed by atoms with van der Waals surface area (Å²) < 4.78 is 0. The second kappa shape index (κ2) is 4.45. The molecule has 3 nitrogen and oxygen atoms in total. The van der Waals surface area contributed by atoms with Gasteiger partial charge in [-0.25, -0.2) is 4.98 Å². The van der Waals surface area contributed by atoms with Gasteiger partial charge in [0, 0.05) is 5.56 Å². The Balaban J connectivity index is 2.39. The number of H-pyrrole nitrogens is 1. The van der Waals surface area contributed by atoms with Crippen molar-refractivity contribution in [2.75, 3.05) is 0 Å². The molecule has 16 heavy (non-hydrogen) atoms. The summed E-state index contributed by atoms with van der Waals surface area (Å²) in [5.41, 5.74) is 7.54. The summed E-state index contributed by atoms with van der Waals surface area (Å²) in [6, 6.07) is 5.32. The maximum Gasteiger partial charge on any atom is 0.123 e. The zero-order valence-electron chi connectivity index (χ0n) is 8.67. The lowest BCUT2D eigenvalue weighted by Crippen LogP contribution is -2.06. The second-order valence-electron chi connectivity index (χ2n) is 3.60. The average Bonchev–Trinajstić information content (AvgIpc) is 2.71. The summed E-state index contributed by atoms with van der Waals surface area (Å²) in [4.78, 5) is 7.33. The molecule has 1 aromatic heterocycles. The van der Waals surface area contributed by atoms with Gasteiger partial charge in [0.25, 0.3) is 0 Å².